The summed E-state index contributed by atoms with van der Waals surface area (Å²) in [5.41, 5.74) is 1.75. The van der Waals surface area contributed by atoms with E-state index >= 15 is 0 Å². The lowest BCUT2D eigenvalue weighted by Crippen LogP contribution is -2.13. The Morgan fingerprint density at radius 2 is 2.18 bits per heavy atom. The molecule has 2 heterocycles. The van der Waals surface area contributed by atoms with Crippen molar-refractivity contribution >= 4 is 15.9 Å². The Hall–Kier alpha value is -1.36. The molecule has 1 aliphatic heterocycles. The molecule has 2 aliphatic rings. The third-order valence-corrected chi connectivity index (χ3v) is 3.85. The lowest BCUT2D eigenvalue weighted by Gasteiger charge is -2.21. The van der Waals surface area contributed by atoms with Crippen LogP contribution in [0.1, 0.15) is 24.1 Å². The van der Waals surface area contributed by atoms with Gasteiger partial charge in [0, 0.05) is 5.56 Å². The molecule has 0 bridgehead atoms. The second kappa shape index (κ2) is 3.57. The zero-order valence-corrected chi connectivity index (χ0v) is 11.0. The number of hydrogen-bond donors (Lipinski definition) is 1. The normalized spacial score (nSPS) is 25.6. The van der Waals surface area contributed by atoms with E-state index in [4.69, 9.17) is 4.74 Å². The van der Waals surface area contributed by atoms with E-state index in [2.05, 4.69) is 38.9 Å². The van der Waals surface area contributed by atoms with E-state index in [0.717, 1.165) is 21.5 Å². The van der Waals surface area contributed by atoms with Crippen LogP contribution in [0.2, 0.25) is 0 Å². The number of fused-ring (bicyclic) bond motifs is 3. The van der Waals surface area contributed by atoms with Gasteiger partial charge in [-0.2, -0.15) is 4.98 Å². The van der Waals surface area contributed by atoms with E-state index in [-0.39, 0.29) is 11.9 Å². The van der Waals surface area contributed by atoms with Crippen LogP contribution in [-0.2, 0) is 0 Å². The number of allylic oxidation sites excluding steroid dienone is 4. The summed E-state index contributed by atoms with van der Waals surface area (Å²) in [4.78, 5) is 7.95. The van der Waals surface area contributed by atoms with Crippen molar-refractivity contribution in [3.63, 3.8) is 0 Å². The molecule has 17 heavy (non-hydrogen) atoms. The zero-order valence-electron chi connectivity index (χ0n) is 9.44. The fourth-order valence-electron chi connectivity index (χ4n) is 2.40. The first-order chi connectivity index (χ1) is 8.08. The maximum Gasteiger partial charge on any atom is 0.317 e. The summed E-state index contributed by atoms with van der Waals surface area (Å²) >= 11 is 3.48. The topological polar surface area (TPSA) is 55.2 Å². The molecule has 1 aromatic heterocycles. The molecule has 0 saturated carbocycles. The van der Waals surface area contributed by atoms with Crippen LogP contribution >= 0.6 is 15.9 Å². The summed E-state index contributed by atoms with van der Waals surface area (Å²) in [7, 11) is 0. The van der Waals surface area contributed by atoms with E-state index < -0.39 is 0 Å². The summed E-state index contributed by atoms with van der Waals surface area (Å²) in [6, 6.07) is -0.239. The second-order valence-corrected chi connectivity index (χ2v) is 5.19. The quantitative estimate of drug-likeness (QED) is 0.799. The summed E-state index contributed by atoms with van der Waals surface area (Å²) in [6.07, 6.45) is 4.12. The van der Waals surface area contributed by atoms with Gasteiger partial charge in [0.1, 0.15) is 5.76 Å². The molecule has 0 saturated heterocycles. The highest BCUT2D eigenvalue weighted by atomic mass is 79.9. The van der Waals surface area contributed by atoms with Crippen molar-refractivity contribution in [2.24, 2.45) is 5.92 Å². The van der Waals surface area contributed by atoms with Crippen LogP contribution in [0.25, 0.3) is 0 Å². The molecule has 0 spiro atoms. The lowest BCUT2D eigenvalue weighted by molar-refractivity contribution is 0.377. The average Bonchev–Trinajstić information content (AvgIpc) is 2.64. The minimum Gasteiger partial charge on any atom is -0.479 e. The van der Waals surface area contributed by atoms with Gasteiger partial charge in [-0.3, -0.25) is 0 Å². The Bertz CT molecular complexity index is 566. The van der Waals surface area contributed by atoms with E-state index in [0.29, 0.717) is 11.8 Å². The maximum absolute atomic E-state index is 9.40. The smallest absolute Gasteiger partial charge is 0.317 e. The number of aryl methyl sites for hydroxylation is 1. The highest BCUT2D eigenvalue weighted by Gasteiger charge is 2.39. The molecule has 5 heteroatoms. The highest BCUT2D eigenvalue weighted by Crippen LogP contribution is 2.49. The van der Waals surface area contributed by atoms with Gasteiger partial charge in [-0.25, -0.2) is 4.98 Å². The minimum absolute atomic E-state index is 0.143. The molecule has 2 unspecified atom stereocenters. The molecule has 2 atom stereocenters. The molecule has 1 N–H and O–H groups in total. The largest absolute Gasteiger partial charge is 0.479 e. The van der Waals surface area contributed by atoms with Crippen molar-refractivity contribution in [2.75, 3.05) is 0 Å². The molecule has 1 aromatic rings. The fraction of sp³-hybridized carbons (Fsp3) is 0.333. The van der Waals surface area contributed by atoms with Gasteiger partial charge in [0.15, 0.2) is 0 Å². The Morgan fingerprint density at radius 3 is 2.94 bits per heavy atom. The molecular weight excluding hydrogens is 284 g/mol. The van der Waals surface area contributed by atoms with E-state index in [1.54, 1.807) is 0 Å². The van der Waals surface area contributed by atoms with E-state index in [1.807, 2.05) is 13.0 Å². The summed E-state index contributed by atoms with van der Waals surface area (Å²) in [5, 5.41) is 9.40. The zero-order chi connectivity index (χ0) is 12.2. The molecule has 1 aliphatic carbocycles. The van der Waals surface area contributed by atoms with Crippen molar-refractivity contribution in [3.8, 4) is 11.9 Å². The molecule has 3 rings (SSSR count). The van der Waals surface area contributed by atoms with Crippen molar-refractivity contribution < 1.29 is 9.84 Å². The van der Waals surface area contributed by atoms with Crippen LogP contribution in [0, 0.1) is 12.8 Å². The van der Waals surface area contributed by atoms with E-state index in [9.17, 15) is 5.11 Å². The van der Waals surface area contributed by atoms with Gasteiger partial charge in [0.05, 0.1) is 16.1 Å². The lowest BCUT2D eigenvalue weighted by atomic mass is 9.84. The average molecular weight is 295 g/mol. The minimum atomic E-state index is -0.239. The first-order valence-electron chi connectivity index (χ1n) is 5.41. The van der Waals surface area contributed by atoms with Gasteiger partial charge in [-0.15, -0.1) is 0 Å². The Labute approximate surface area is 107 Å². The molecule has 0 amide bonds. The Morgan fingerprint density at radius 1 is 1.41 bits per heavy atom. The number of aromatic hydroxyl groups is 1. The predicted molar refractivity (Wildman–Crippen MR) is 66.1 cm³/mol. The molecule has 88 valence electrons. The number of nitrogens with zero attached hydrogens (tertiary/aromatic N) is 2. The van der Waals surface area contributed by atoms with E-state index in [1.165, 1.54) is 0 Å². The third-order valence-electron chi connectivity index (χ3n) is 3.20. The van der Waals surface area contributed by atoms with Gasteiger partial charge in [0.25, 0.3) is 0 Å². The first-order valence-corrected chi connectivity index (χ1v) is 6.20. The molecule has 0 aromatic carbocycles. The van der Waals surface area contributed by atoms with Gasteiger partial charge >= 0.3 is 6.01 Å². The molecule has 4 nitrogen and oxygen atoms in total. The molecular formula is C12H11BrN2O2. The van der Waals surface area contributed by atoms with Crippen LogP contribution in [-0.4, -0.2) is 15.1 Å². The van der Waals surface area contributed by atoms with Crippen molar-refractivity contribution in [2.45, 2.75) is 19.8 Å². The Kier molecular flexibility index (Phi) is 2.26. The summed E-state index contributed by atoms with van der Waals surface area (Å²) < 4.78 is 6.65. The van der Waals surface area contributed by atoms with Gasteiger partial charge < -0.3 is 9.84 Å². The van der Waals surface area contributed by atoms with Crippen LogP contribution < -0.4 is 4.74 Å². The van der Waals surface area contributed by atoms with Gasteiger partial charge in [0.2, 0.25) is 5.88 Å². The molecule has 0 radical (unpaired) electrons. The molecule has 0 fully saturated rings. The predicted octanol–water partition coefficient (Wildman–Crippen LogP) is 2.78. The number of ether oxygens (including phenoxy) is 1. The summed E-state index contributed by atoms with van der Waals surface area (Å²) in [5.74, 6) is 1.81. The highest BCUT2D eigenvalue weighted by molar-refractivity contribution is 9.11. The standard InChI is InChI=1S/C12H11BrN2O2/c1-5-3-4-7(13)10-8(5)9-6(2)14-12(16)15-11(9)17-10/h3-5,8H,1-2H3,(H,14,15,16). The third kappa shape index (κ3) is 1.49. The van der Waals surface area contributed by atoms with Crippen LogP contribution in [0.3, 0.4) is 0 Å². The summed E-state index contributed by atoms with van der Waals surface area (Å²) in [6.45, 7) is 4.00. The number of rotatable bonds is 0. The first kappa shape index (κ1) is 10.8. The Balaban J connectivity index is 2.22. The van der Waals surface area contributed by atoms with Crippen molar-refractivity contribution in [1.29, 1.82) is 0 Å². The van der Waals surface area contributed by atoms with Crippen LogP contribution in [0.4, 0.5) is 0 Å². The maximum atomic E-state index is 9.40. The fourth-order valence-corrected chi connectivity index (χ4v) is 2.88. The van der Waals surface area contributed by atoms with Crippen LogP contribution in [0.15, 0.2) is 22.4 Å². The second-order valence-electron chi connectivity index (χ2n) is 4.34. The monoisotopic (exact) mass is 294 g/mol. The van der Waals surface area contributed by atoms with Crippen LogP contribution in [0.5, 0.6) is 11.9 Å². The van der Waals surface area contributed by atoms with Crippen molar-refractivity contribution in [3.05, 3.63) is 33.7 Å². The van der Waals surface area contributed by atoms with Gasteiger partial charge in [-0.1, -0.05) is 13.0 Å². The van der Waals surface area contributed by atoms with Crippen molar-refractivity contribution in [1.82, 2.24) is 9.97 Å². The number of hydrogen-bond acceptors (Lipinski definition) is 4. The SMILES string of the molecule is Cc1nc(O)nc2c1C1C(=C(Br)C=CC1C)O2. The van der Waals surface area contributed by atoms with Gasteiger partial charge in [-0.05, 0) is 34.8 Å². The number of aromatic nitrogens is 2. The number of halogens is 1.